The van der Waals surface area contributed by atoms with Gasteiger partial charge in [0.25, 0.3) is 0 Å². The number of carbonyl (C=O) groups is 2. The molecule has 1 aromatic carbocycles. The minimum atomic E-state index is -0.697. The van der Waals surface area contributed by atoms with Gasteiger partial charge >= 0.3 is 12.1 Å². The molecular formula is C20H29N3O4S. The number of nitrogens with zero attached hydrogens (tertiary/aromatic N) is 1. The molecule has 1 heterocycles. The number of likely N-dealkylation sites (tertiary alicyclic amines) is 1. The lowest BCUT2D eigenvalue weighted by molar-refractivity contribution is -0.142. The summed E-state index contributed by atoms with van der Waals surface area (Å²) < 4.78 is 10.4. The quantitative estimate of drug-likeness (QED) is 0.574. The highest BCUT2D eigenvalue weighted by Crippen LogP contribution is 2.20. The number of benzene rings is 1. The molecule has 1 aliphatic heterocycles. The van der Waals surface area contributed by atoms with Crippen LogP contribution in [0.1, 0.15) is 45.2 Å². The molecule has 0 spiro atoms. The maximum Gasteiger partial charge on any atom is 0.410 e. The van der Waals surface area contributed by atoms with E-state index >= 15 is 0 Å². The minimum Gasteiger partial charge on any atom is -0.467 e. The summed E-state index contributed by atoms with van der Waals surface area (Å²) in [4.78, 5) is 26.2. The van der Waals surface area contributed by atoms with Crippen molar-refractivity contribution in [2.45, 2.75) is 51.3 Å². The Hall–Kier alpha value is -2.35. The number of nitrogens with one attached hydrogen (secondary N) is 2. The van der Waals surface area contributed by atoms with Gasteiger partial charge in [0.15, 0.2) is 11.2 Å². The Morgan fingerprint density at radius 2 is 1.96 bits per heavy atom. The van der Waals surface area contributed by atoms with Crippen LogP contribution < -0.4 is 10.6 Å². The Labute approximate surface area is 171 Å². The lowest BCUT2D eigenvalue weighted by atomic mass is 10.1. The van der Waals surface area contributed by atoms with Gasteiger partial charge in [-0.1, -0.05) is 30.3 Å². The van der Waals surface area contributed by atoms with Crippen molar-refractivity contribution in [3.8, 4) is 0 Å². The molecule has 2 atom stereocenters. The van der Waals surface area contributed by atoms with Gasteiger partial charge < -0.3 is 25.0 Å². The van der Waals surface area contributed by atoms with Gasteiger partial charge in [0.1, 0.15) is 5.60 Å². The highest BCUT2D eigenvalue weighted by atomic mass is 32.1. The molecule has 0 unspecified atom stereocenters. The molecule has 2 N–H and O–H groups in total. The van der Waals surface area contributed by atoms with E-state index in [4.69, 9.17) is 21.7 Å². The third-order valence-corrected chi connectivity index (χ3v) is 4.61. The number of esters is 1. The summed E-state index contributed by atoms with van der Waals surface area (Å²) in [6.45, 7) is 6.70. The molecule has 0 aliphatic carbocycles. The smallest absolute Gasteiger partial charge is 0.410 e. The molecular weight excluding hydrogens is 378 g/mol. The van der Waals surface area contributed by atoms with E-state index in [9.17, 15) is 9.59 Å². The van der Waals surface area contributed by atoms with Crippen molar-refractivity contribution in [1.82, 2.24) is 15.5 Å². The first-order valence-electron chi connectivity index (χ1n) is 9.38. The summed E-state index contributed by atoms with van der Waals surface area (Å²) in [5.41, 5.74) is 0.229. The molecule has 154 valence electrons. The minimum absolute atomic E-state index is 0.0112. The second-order valence-electron chi connectivity index (χ2n) is 7.69. The number of thiocarbonyl (C=S) groups is 1. The average molecular weight is 408 g/mol. The Bertz CT molecular complexity index is 690. The lowest BCUT2D eigenvalue weighted by Crippen LogP contribution is -2.48. The number of carbonyl (C=O) groups excluding carboxylic acids is 2. The van der Waals surface area contributed by atoms with E-state index in [1.807, 2.05) is 51.1 Å². The number of amides is 1. The summed E-state index contributed by atoms with van der Waals surface area (Å²) in [6.07, 6.45) is 1.47. The fraction of sp³-hybridized carbons (Fsp3) is 0.550. The van der Waals surface area contributed by atoms with Crippen LogP contribution >= 0.6 is 12.2 Å². The maximum atomic E-state index is 12.4. The third-order valence-electron chi connectivity index (χ3n) is 4.35. The van der Waals surface area contributed by atoms with Crippen LogP contribution in [-0.4, -0.2) is 53.9 Å². The van der Waals surface area contributed by atoms with Crippen LogP contribution in [0.4, 0.5) is 4.79 Å². The molecule has 2 rings (SSSR count). The maximum absolute atomic E-state index is 12.4. The highest BCUT2D eigenvalue weighted by molar-refractivity contribution is 7.80. The van der Waals surface area contributed by atoms with Gasteiger partial charge in [0.2, 0.25) is 0 Å². The molecule has 1 aromatic rings. The van der Waals surface area contributed by atoms with Gasteiger partial charge in [-0.3, -0.25) is 0 Å². The molecule has 1 fully saturated rings. The normalized spacial score (nSPS) is 17.6. The molecule has 1 aliphatic rings. The SMILES string of the molecule is COC(=O)[C@@H](NC(=S)NC[C@@H]1CCCN1C(=O)OC(C)(C)C)c1ccccc1. The standard InChI is InChI=1S/C20H29N3O4S/c1-20(2,3)27-19(25)23-12-8-11-15(23)13-21-18(28)22-16(17(24)26-4)14-9-6-5-7-10-14/h5-7,9-10,15-16H,8,11-13H2,1-4H3,(H2,21,22,28)/t15-,16-/m0/s1. The molecule has 8 heteroatoms. The molecule has 0 saturated carbocycles. The predicted molar refractivity (Wildman–Crippen MR) is 111 cm³/mol. The van der Waals surface area contributed by atoms with Crippen molar-refractivity contribution >= 4 is 29.4 Å². The Kier molecular flexibility index (Phi) is 7.62. The van der Waals surface area contributed by atoms with Gasteiger partial charge in [-0.15, -0.1) is 0 Å². The molecule has 0 radical (unpaired) electrons. The third kappa shape index (κ3) is 6.37. The first-order valence-corrected chi connectivity index (χ1v) is 9.79. The number of ether oxygens (including phenoxy) is 2. The van der Waals surface area contributed by atoms with E-state index in [1.165, 1.54) is 7.11 Å². The number of hydrogen-bond donors (Lipinski definition) is 2. The van der Waals surface area contributed by atoms with Crippen LogP contribution in [0.5, 0.6) is 0 Å². The van der Waals surface area contributed by atoms with Crippen LogP contribution in [0.25, 0.3) is 0 Å². The zero-order chi connectivity index (χ0) is 20.7. The molecule has 1 saturated heterocycles. The fourth-order valence-electron chi connectivity index (χ4n) is 3.04. The highest BCUT2D eigenvalue weighted by Gasteiger charge is 2.32. The number of methoxy groups -OCH3 is 1. The van der Waals surface area contributed by atoms with Gasteiger partial charge in [-0.25, -0.2) is 9.59 Å². The monoisotopic (exact) mass is 407 g/mol. The second kappa shape index (κ2) is 9.73. The summed E-state index contributed by atoms with van der Waals surface area (Å²) in [7, 11) is 1.34. The molecule has 7 nitrogen and oxygen atoms in total. The van der Waals surface area contributed by atoms with E-state index in [-0.39, 0.29) is 12.1 Å². The van der Waals surface area contributed by atoms with E-state index in [1.54, 1.807) is 4.90 Å². The van der Waals surface area contributed by atoms with E-state index in [0.29, 0.717) is 18.2 Å². The fourth-order valence-corrected chi connectivity index (χ4v) is 3.24. The Morgan fingerprint density at radius 1 is 1.29 bits per heavy atom. The number of hydrogen-bond acceptors (Lipinski definition) is 5. The Balaban J connectivity index is 1.93. The zero-order valence-electron chi connectivity index (χ0n) is 16.9. The number of rotatable bonds is 5. The molecule has 28 heavy (non-hydrogen) atoms. The van der Waals surface area contributed by atoms with Gasteiger partial charge in [-0.05, 0) is 51.4 Å². The summed E-state index contributed by atoms with van der Waals surface area (Å²) in [6, 6.07) is 8.53. The Morgan fingerprint density at radius 3 is 2.57 bits per heavy atom. The lowest BCUT2D eigenvalue weighted by Gasteiger charge is -2.29. The predicted octanol–water partition coefficient (Wildman–Crippen LogP) is 2.76. The van der Waals surface area contributed by atoms with Crippen molar-refractivity contribution in [1.29, 1.82) is 0 Å². The molecule has 0 bridgehead atoms. The van der Waals surface area contributed by atoms with Crippen molar-refractivity contribution in [3.63, 3.8) is 0 Å². The first-order chi connectivity index (χ1) is 13.2. The van der Waals surface area contributed by atoms with Crippen LogP contribution in [0, 0.1) is 0 Å². The van der Waals surface area contributed by atoms with E-state index < -0.39 is 17.6 Å². The van der Waals surface area contributed by atoms with Crippen LogP contribution in [0.2, 0.25) is 0 Å². The first kappa shape index (κ1) is 21.9. The van der Waals surface area contributed by atoms with Crippen molar-refractivity contribution in [2.24, 2.45) is 0 Å². The van der Waals surface area contributed by atoms with Gasteiger partial charge in [0, 0.05) is 13.1 Å². The van der Waals surface area contributed by atoms with Crippen LogP contribution in [0.3, 0.4) is 0 Å². The van der Waals surface area contributed by atoms with Crippen molar-refractivity contribution in [2.75, 3.05) is 20.2 Å². The largest absolute Gasteiger partial charge is 0.467 e. The van der Waals surface area contributed by atoms with E-state index in [2.05, 4.69) is 10.6 Å². The van der Waals surface area contributed by atoms with Crippen LogP contribution in [0.15, 0.2) is 30.3 Å². The van der Waals surface area contributed by atoms with Crippen LogP contribution in [-0.2, 0) is 14.3 Å². The summed E-state index contributed by atoms with van der Waals surface area (Å²) in [5.74, 6) is -0.424. The molecule has 1 amide bonds. The average Bonchev–Trinajstić information content (AvgIpc) is 3.12. The topological polar surface area (TPSA) is 79.9 Å². The van der Waals surface area contributed by atoms with Crippen molar-refractivity contribution < 1.29 is 19.1 Å². The van der Waals surface area contributed by atoms with Gasteiger partial charge in [-0.2, -0.15) is 0 Å². The summed E-state index contributed by atoms with van der Waals surface area (Å²) >= 11 is 5.36. The van der Waals surface area contributed by atoms with Gasteiger partial charge in [0.05, 0.1) is 13.2 Å². The summed E-state index contributed by atoms with van der Waals surface area (Å²) in [5, 5.41) is 6.44. The van der Waals surface area contributed by atoms with Crippen molar-refractivity contribution in [3.05, 3.63) is 35.9 Å². The second-order valence-corrected chi connectivity index (χ2v) is 8.10. The molecule has 0 aromatic heterocycles. The van der Waals surface area contributed by atoms with E-state index in [0.717, 1.165) is 18.4 Å². The zero-order valence-corrected chi connectivity index (χ0v) is 17.7.